The van der Waals surface area contributed by atoms with Gasteiger partial charge in [0.25, 0.3) is 0 Å². The SMILES string of the molecule is C[C-](C)C.C[C-](C)C.O=C(O)c1c[c-]c[c-]c1O.[Ti+2].[Ti+2]. The van der Waals surface area contributed by atoms with Gasteiger partial charge in [-0.05, 0) is 0 Å². The van der Waals surface area contributed by atoms with Crippen LogP contribution in [0.2, 0.25) is 0 Å². The second-order valence-electron chi connectivity index (χ2n) is 4.67. The number of hydrogen-bond donors (Lipinski definition) is 2. The average Bonchev–Trinajstić information content (AvgIpc) is 2.15. The Morgan fingerprint density at radius 2 is 1.40 bits per heavy atom. The number of phenols is 1. The van der Waals surface area contributed by atoms with E-state index in [0.29, 0.717) is 0 Å². The van der Waals surface area contributed by atoms with E-state index < -0.39 is 5.97 Å². The summed E-state index contributed by atoms with van der Waals surface area (Å²) in [7, 11) is 0. The fourth-order valence-electron chi connectivity index (χ4n) is 0.544. The van der Waals surface area contributed by atoms with Gasteiger partial charge in [0.05, 0.1) is 0 Å². The van der Waals surface area contributed by atoms with Crippen LogP contribution in [0.15, 0.2) is 12.1 Å². The molecule has 0 atom stereocenters. The summed E-state index contributed by atoms with van der Waals surface area (Å²) in [6.45, 7) is 12.5. The van der Waals surface area contributed by atoms with Gasteiger partial charge in [0, 0.05) is 0 Å². The number of hydrogen-bond acceptors (Lipinski definition) is 2. The molecule has 0 fully saturated rings. The van der Waals surface area contributed by atoms with Crippen LogP contribution in [0.4, 0.5) is 0 Å². The summed E-state index contributed by atoms with van der Waals surface area (Å²) in [6, 6.07) is 7.30. The zero-order valence-corrected chi connectivity index (χ0v) is 16.1. The summed E-state index contributed by atoms with van der Waals surface area (Å²) in [4.78, 5) is 10.2. The molecular formula is C15H22O3Ti2. The van der Waals surface area contributed by atoms with Crippen molar-refractivity contribution < 1.29 is 58.4 Å². The maximum Gasteiger partial charge on any atom is 2.00 e. The molecule has 1 aromatic carbocycles. The molecule has 0 aliphatic heterocycles. The second kappa shape index (κ2) is 17.0. The molecule has 0 amide bonds. The van der Waals surface area contributed by atoms with Crippen LogP contribution < -0.4 is 0 Å². The molecule has 0 radical (unpaired) electrons. The summed E-state index contributed by atoms with van der Waals surface area (Å²) in [5.41, 5.74) is -0.178. The molecule has 3 nitrogen and oxygen atoms in total. The van der Waals surface area contributed by atoms with E-state index in [0.717, 1.165) is 0 Å². The van der Waals surface area contributed by atoms with Crippen LogP contribution >= 0.6 is 0 Å². The molecule has 20 heavy (non-hydrogen) atoms. The van der Waals surface area contributed by atoms with Crippen molar-refractivity contribution in [2.75, 3.05) is 0 Å². The van der Waals surface area contributed by atoms with E-state index in [1.807, 2.05) is 0 Å². The fourth-order valence-corrected chi connectivity index (χ4v) is 0.544. The first-order chi connectivity index (χ1) is 8.18. The Hall–Kier alpha value is -0.0814. The monoisotopic (exact) mass is 346 g/mol. The molecule has 0 bridgehead atoms. The molecule has 0 unspecified atom stereocenters. The van der Waals surface area contributed by atoms with E-state index in [1.54, 1.807) is 0 Å². The van der Waals surface area contributed by atoms with Gasteiger partial charge in [-0.25, -0.2) is 0 Å². The maximum absolute atomic E-state index is 10.2. The van der Waals surface area contributed by atoms with Crippen LogP contribution in [-0.4, -0.2) is 16.2 Å². The molecule has 5 heteroatoms. The number of carboxylic acids is 1. The number of benzene rings is 1. The third-order valence-corrected chi connectivity index (χ3v) is 1.01. The van der Waals surface area contributed by atoms with E-state index in [4.69, 9.17) is 10.2 Å². The predicted octanol–water partition coefficient (Wildman–Crippen LogP) is 3.93. The first-order valence-electron chi connectivity index (χ1n) is 5.56. The van der Waals surface area contributed by atoms with Crippen LogP contribution in [0, 0.1) is 24.0 Å². The molecule has 2 N–H and O–H groups in total. The van der Waals surface area contributed by atoms with Crippen molar-refractivity contribution in [3.8, 4) is 5.75 Å². The topological polar surface area (TPSA) is 57.5 Å². The second-order valence-corrected chi connectivity index (χ2v) is 4.67. The molecule has 0 spiro atoms. The molecule has 0 saturated heterocycles. The van der Waals surface area contributed by atoms with E-state index in [9.17, 15) is 4.79 Å². The van der Waals surface area contributed by atoms with E-state index in [1.165, 1.54) is 24.0 Å². The van der Waals surface area contributed by atoms with E-state index >= 15 is 0 Å². The van der Waals surface area contributed by atoms with Crippen LogP contribution in [0.25, 0.3) is 0 Å². The molecule has 0 heterocycles. The average molecular weight is 346 g/mol. The van der Waals surface area contributed by atoms with Gasteiger partial charge in [-0.2, -0.15) is 41.5 Å². The van der Waals surface area contributed by atoms with Gasteiger partial charge >= 0.3 is 43.4 Å². The number of aromatic hydroxyl groups is 1. The van der Waals surface area contributed by atoms with Crippen molar-refractivity contribution in [3.63, 3.8) is 0 Å². The van der Waals surface area contributed by atoms with Crippen molar-refractivity contribution in [2.24, 2.45) is 0 Å². The van der Waals surface area contributed by atoms with Crippen LogP contribution in [0.1, 0.15) is 51.9 Å². The zero-order chi connectivity index (χ0) is 14.7. The Morgan fingerprint density at radius 3 is 1.60 bits per heavy atom. The zero-order valence-electron chi connectivity index (χ0n) is 13.0. The Morgan fingerprint density at radius 1 is 1.05 bits per heavy atom. The van der Waals surface area contributed by atoms with Gasteiger partial charge in [0.1, 0.15) is 0 Å². The number of rotatable bonds is 1. The third kappa shape index (κ3) is 23.0. The van der Waals surface area contributed by atoms with Crippen LogP contribution in [0.5, 0.6) is 5.75 Å². The number of carbonyl (C=O) groups is 1. The fraction of sp³-hybridized carbons (Fsp3) is 0.400. The molecule has 0 aromatic heterocycles. The minimum absolute atomic E-state index is 0. The maximum atomic E-state index is 10.2. The smallest absolute Gasteiger partial charge is 0.557 e. The van der Waals surface area contributed by atoms with E-state index in [2.05, 4.69) is 53.7 Å². The number of aromatic carboxylic acids is 1. The van der Waals surface area contributed by atoms with Gasteiger partial charge in [-0.1, -0.05) is 5.75 Å². The standard InChI is InChI=1S/C7H4O3.2C4H9.2Ti/c8-6-4-2-1-3-5(6)7(9)10;2*1-4(2)3;;/h2-3,8H,(H,9,10);2*1-3H3;;/q-2;2*-1;2*+2. The van der Waals surface area contributed by atoms with Crippen molar-refractivity contribution >= 4 is 5.97 Å². The molecule has 0 aliphatic carbocycles. The van der Waals surface area contributed by atoms with Crippen molar-refractivity contribution in [1.29, 1.82) is 0 Å². The number of carboxylic acid groups (broad SMARTS) is 1. The molecule has 0 saturated carbocycles. The Bertz CT molecular complexity index is 328. The summed E-state index contributed by atoms with van der Waals surface area (Å²) >= 11 is 0. The van der Waals surface area contributed by atoms with Crippen molar-refractivity contribution in [2.45, 2.75) is 41.5 Å². The molecule has 108 valence electrons. The van der Waals surface area contributed by atoms with Crippen molar-refractivity contribution in [1.82, 2.24) is 0 Å². The quantitative estimate of drug-likeness (QED) is 0.599. The molecule has 1 rings (SSSR count). The first kappa shape index (κ1) is 28.1. The largest absolute Gasteiger partial charge is 2.00 e. The Balaban J connectivity index is -0.000000110. The summed E-state index contributed by atoms with van der Waals surface area (Å²) in [5.74, 6) is 1.30. The molecule has 1 aromatic rings. The summed E-state index contributed by atoms with van der Waals surface area (Å²) < 4.78 is 0. The van der Waals surface area contributed by atoms with Gasteiger partial charge in [0.2, 0.25) is 5.97 Å². The van der Waals surface area contributed by atoms with Gasteiger partial charge in [0.15, 0.2) is 0 Å². The summed E-state index contributed by atoms with van der Waals surface area (Å²) in [5, 5.41) is 17.2. The third-order valence-electron chi connectivity index (χ3n) is 1.01. The minimum atomic E-state index is -1.18. The van der Waals surface area contributed by atoms with E-state index in [-0.39, 0.29) is 54.7 Å². The molecule has 0 aliphatic rings. The van der Waals surface area contributed by atoms with Gasteiger partial charge in [-0.3, -0.25) is 10.9 Å². The van der Waals surface area contributed by atoms with Crippen LogP contribution in [-0.2, 0) is 43.4 Å². The minimum Gasteiger partial charge on any atom is -0.557 e. The first-order valence-corrected chi connectivity index (χ1v) is 5.56. The summed E-state index contributed by atoms with van der Waals surface area (Å²) in [6.07, 6.45) is 0. The van der Waals surface area contributed by atoms with Gasteiger partial charge < -0.3 is 40.2 Å². The van der Waals surface area contributed by atoms with Crippen molar-refractivity contribution in [3.05, 3.63) is 41.7 Å². The normalized spacial score (nSPS) is 8.20. The Kier molecular flexibility index (Phi) is 23.9. The molecular weight excluding hydrogens is 324 g/mol. The Labute approximate surface area is 152 Å². The predicted molar refractivity (Wildman–Crippen MR) is 73.3 cm³/mol. The van der Waals surface area contributed by atoms with Gasteiger partial charge in [-0.15, -0.1) is 5.56 Å². The van der Waals surface area contributed by atoms with Crippen LogP contribution in [0.3, 0.4) is 0 Å².